The number of nitrogens with two attached hydrogens (primary N) is 1. The molecule has 1 aliphatic rings. The summed E-state index contributed by atoms with van der Waals surface area (Å²) in [5.41, 5.74) is 4.50. The zero-order valence-corrected chi connectivity index (χ0v) is 11.0. The van der Waals surface area contributed by atoms with Crippen LogP contribution in [0.15, 0.2) is 0 Å². The lowest BCUT2D eigenvalue weighted by Gasteiger charge is -2.42. The smallest absolute Gasteiger partial charge is 0.392 e. The molecule has 0 aromatic heterocycles. The van der Waals surface area contributed by atoms with Crippen LogP contribution in [0.2, 0.25) is 0 Å². The van der Waals surface area contributed by atoms with E-state index in [9.17, 15) is 18.0 Å². The van der Waals surface area contributed by atoms with E-state index >= 15 is 0 Å². The number of hydrogen-bond donors (Lipinski definition) is 1. The van der Waals surface area contributed by atoms with Gasteiger partial charge in [0, 0.05) is 6.54 Å². The van der Waals surface area contributed by atoms with Gasteiger partial charge in [-0.25, -0.2) is 0 Å². The Balaban J connectivity index is 2.85. The van der Waals surface area contributed by atoms with E-state index in [1.807, 2.05) is 0 Å². The molecule has 0 aliphatic heterocycles. The van der Waals surface area contributed by atoms with E-state index in [1.165, 1.54) is 0 Å². The molecule has 0 saturated heterocycles. The predicted octanol–water partition coefficient (Wildman–Crippen LogP) is 2.24. The van der Waals surface area contributed by atoms with Crippen molar-refractivity contribution in [2.45, 2.75) is 38.8 Å². The molecule has 104 valence electrons. The van der Waals surface area contributed by atoms with Crippen molar-refractivity contribution in [3.8, 4) is 0 Å². The molecular weight excluding hydrogens is 265 g/mol. The molecular formula is C11H17F3N2OS. The number of halogens is 3. The van der Waals surface area contributed by atoms with Gasteiger partial charge in [-0.1, -0.05) is 25.6 Å². The minimum atomic E-state index is -4.40. The largest absolute Gasteiger partial charge is 0.406 e. The van der Waals surface area contributed by atoms with E-state index in [-0.39, 0.29) is 11.5 Å². The fraction of sp³-hybridized carbons (Fsp3) is 0.818. The fourth-order valence-corrected chi connectivity index (χ4v) is 2.43. The van der Waals surface area contributed by atoms with Crippen molar-refractivity contribution in [1.29, 1.82) is 0 Å². The van der Waals surface area contributed by atoms with Gasteiger partial charge < -0.3 is 10.6 Å². The summed E-state index contributed by atoms with van der Waals surface area (Å²) in [6, 6.07) is 0. The van der Waals surface area contributed by atoms with Crippen LogP contribution in [0.3, 0.4) is 0 Å². The van der Waals surface area contributed by atoms with Crippen molar-refractivity contribution in [1.82, 2.24) is 4.90 Å². The second kappa shape index (κ2) is 5.42. The Morgan fingerprint density at radius 3 is 2.28 bits per heavy atom. The molecule has 1 aliphatic carbocycles. The van der Waals surface area contributed by atoms with E-state index in [0.29, 0.717) is 19.3 Å². The summed E-state index contributed by atoms with van der Waals surface area (Å²) >= 11 is 4.85. The van der Waals surface area contributed by atoms with Gasteiger partial charge in [-0.05, 0) is 19.3 Å². The van der Waals surface area contributed by atoms with Crippen molar-refractivity contribution >= 4 is 23.1 Å². The van der Waals surface area contributed by atoms with Gasteiger partial charge in [0.25, 0.3) is 0 Å². The first-order valence-corrected chi connectivity index (χ1v) is 6.30. The lowest BCUT2D eigenvalue weighted by molar-refractivity contribution is -0.167. The highest BCUT2D eigenvalue weighted by molar-refractivity contribution is 7.80. The van der Waals surface area contributed by atoms with Crippen LogP contribution in [-0.2, 0) is 4.79 Å². The van der Waals surface area contributed by atoms with Gasteiger partial charge in [-0.3, -0.25) is 4.79 Å². The van der Waals surface area contributed by atoms with Crippen LogP contribution < -0.4 is 5.73 Å². The molecule has 0 spiro atoms. The number of rotatable bonds is 5. The Bertz CT molecular complexity index is 340. The van der Waals surface area contributed by atoms with Gasteiger partial charge in [0.2, 0.25) is 5.91 Å². The number of carbonyl (C=O) groups is 1. The number of hydrogen-bond acceptors (Lipinski definition) is 2. The maximum Gasteiger partial charge on any atom is 0.406 e. The first kappa shape index (κ1) is 15.2. The molecule has 1 fully saturated rings. The van der Waals surface area contributed by atoms with Gasteiger partial charge >= 0.3 is 6.18 Å². The Kier molecular flexibility index (Phi) is 4.58. The maximum absolute atomic E-state index is 12.4. The number of alkyl halides is 3. The second-order valence-corrected chi connectivity index (χ2v) is 5.08. The van der Waals surface area contributed by atoms with Crippen molar-refractivity contribution in [3.63, 3.8) is 0 Å². The number of nitrogens with zero attached hydrogens (tertiary/aromatic N) is 1. The number of amides is 1. The van der Waals surface area contributed by atoms with Crippen LogP contribution in [0.1, 0.15) is 32.6 Å². The summed E-state index contributed by atoms with van der Waals surface area (Å²) in [5, 5.41) is 0. The zero-order chi connectivity index (χ0) is 14.0. The predicted molar refractivity (Wildman–Crippen MR) is 66.0 cm³/mol. The molecule has 1 amide bonds. The summed E-state index contributed by atoms with van der Waals surface area (Å²) in [7, 11) is 0. The minimum Gasteiger partial charge on any atom is -0.392 e. The standard InChI is InChI=1S/C11H17F3N2OS/c1-2-6-16(7-11(12,13)14)9(17)10(8(15)18)4-3-5-10/h2-7H2,1H3,(H2,15,18). The van der Waals surface area contributed by atoms with E-state index in [0.717, 1.165) is 11.3 Å². The molecule has 0 heterocycles. The third-order valence-electron chi connectivity index (χ3n) is 3.24. The molecule has 0 aromatic rings. The van der Waals surface area contributed by atoms with Crippen molar-refractivity contribution in [2.24, 2.45) is 11.1 Å². The summed E-state index contributed by atoms with van der Waals surface area (Å²) in [4.78, 5) is 13.1. The Morgan fingerprint density at radius 1 is 1.44 bits per heavy atom. The normalized spacial score (nSPS) is 18.0. The van der Waals surface area contributed by atoms with E-state index in [1.54, 1.807) is 6.92 Å². The van der Waals surface area contributed by atoms with Crippen molar-refractivity contribution in [2.75, 3.05) is 13.1 Å². The molecule has 0 aromatic carbocycles. The Hall–Kier alpha value is -0.850. The highest BCUT2D eigenvalue weighted by atomic mass is 32.1. The lowest BCUT2D eigenvalue weighted by atomic mass is 9.67. The minimum absolute atomic E-state index is 0.0158. The van der Waals surface area contributed by atoms with E-state index in [2.05, 4.69) is 0 Å². The third-order valence-corrected chi connectivity index (χ3v) is 3.63. The van der Waals surface area contributed by atoms with Gasteiger partial charge in [0.15, 0.2) is 0 Å². The van der Waals surface area contributed by atoms with Crippen LogP contribution in [0, 0.1) is 5.41 Å². The average molecular weight is 282 g/mol. The van der Waals surface area contributed by atoms with Gasteiger partial charge in [-0.2, -0.15) is 13.2 Å². The first-order chi connectivity index (χ1) is 8.23. The summed E-state index contributed by atoms with van der Waals surface area (Å²) in [6.45, 7) is 0.567. The average Bonchev–Trinajstić information content (AvgIpc) is 2.12. The third kappa shape index (κ3) is 3.13. The van der Waals surface area contributed by atoms with E-state index in [4.69, 9.17) is 18.0 Å². The lowest BCUT2D eigenvalue weighted by Crippen LogP contribution is -2.56. The molecule has 0 unspecified atom stereocenters. The highest BCUT2D eigenvalue weighted by Crippen LogP contribution is 2.43. The molecule has 1 saturated carbocycles. The van der Waals surface area contributed by atoms with E-state index < -0.39 is 24.0 Å². The molecule has 0 bridgehead atoms. The summed E-state index contributed by atoms with van der Waals surface area (Å²) < 4.78 is 37.3. The quantitative estimate of drug-likeness (QED) is 0.787. The van der Waals surface area contributed by atoms with Crippen LogP contribution >= 0.6 is 12.2 Å². The maximum atomic E-state index is 12.4. The highest BCUT2D eigenvalue weighted by Gasteiger charge is 2.50. The SMILES string of the molecule is CCCN(CC(F)(F)F)C(=O)C1(C(N)=S)CCC1. The van der Waals surface area contributed by atoms with Crippen LogP contribution in [-0.4, -0.2) is 35.1 Å². The topological polar surface area (TPSA) is 46.3 Å². The summed E-state index contributed by atoms with van der Waals surface area (Å²) in [6.07, 6.45) is -2.24. The second-order valence-electron chi connectivity index (χ2n) is 4.64. The Labute approximate surface area is 109 Å². The molecule has 3 nitrogen and oxygen atoms in total. The molecule has 0 radical (unpaired) electrons. The summed E-state index contributed by atoms with van der Waals surface area (Å²) in [5.74, 6) is -0.569. The monoisotopic (exact) mass is 282 g/mol. The number of thiocarbonyl (C=S) groups is 1. The fourth-order valence-electron chi connectivity index (χ4n) is 2.14. The van der Waals surface area contributed by atoms with Gasteiger partial charge in [-0.15, -0.1) is 0 Å². The Morgan fingerprint density at radius 2 is 2.00 bits per heavy atom. The zero-order valence-electron chi connectivity index (χ0n) is 10.2. The van der Waals surface area contributed by atoms with Crippen molar-refractivity contribution in [3.05, 3.63) is 0 Å². The van der Waals surface area contributed by atoms with Crippen LogP contribution in [0.5, 0.6) is 0 Å². The first-order valence-electron chi connectivity index (χ1n) is 5.89. The number of carbonyl (C=O) groups excluding carboxylic acids is 1. The molecule has 2 N–H and O–H groups in total. The molecule has 1 rings (SSSR count). The van der Waals surface area contributed by atoms with Crippen LogP contribution in [0.25, 0.3) is 0 Å². The molecule has 18 heavy (non-hydrogen) atoms. The molecule has 0 atom stereocenters. The van der Waals surface area contributed by atoms with Gasteiger partial charge in [0.1, 0.15) is 6.54 Å². The van der Waals surface area contributed by atoms with Crippen molar-refractivity contribution < 1.29 is 18.0 Å². The van der Waals surface area contributed by atoms with Crippen LogP contribution in [0.4, 0.5) is 13.2 Å². The van der Waals surface area contributed by atoms with Gasteiger partial charge in [0.05, 0.1) is 10.4 Å². The molecule has 7 heteroatoms.